The first kappa shape index (κ1) is 18.2. The van der Waals surface area contributed by atoms with E-state index >= 15 is 0 Å². The Bertz CT molecular complexity index is 981. The second-order valence-electron chi connectivity index (χ2n) is 6.38. The SMILES string of the molecule is CC1(c2ccc(Cl)cc2Cl)NC(=O)N(Cc2cc(Cl)c3c(c2)OCO3)C1=O. The number of benzene rings is 2. The summed E-state index contributed by atoms with van der Waals surface area (Å²) in [5, 5.41) is 3.81. The summed E-state index contributed by atoms with van der Waals surface area (Å²) in [5.74, 6) is 0.508. The van der Waals surface area contributed by atoms with Crippen LogP contribution < -0.4 is 14.8 Å². The number of urea groups is 1. The summed E-state index contributed by atoms with van der Waals surface area (Å²) < 4.78 is 10.6. The maximum absolute atomic E-state index is 13.1. The molecule has 1 saturated heterocycles. The van der Waals surface area contributed by atoms with Gasteiger partial charge < -0.3 is 14.8 Å². The average Bonchev–Trinajstić information content (AvgIpc) is 3.14. The molecule has 140 valence electrons. The van der Waals surface area contributed by atoms with Crippen molar-refractivity contribution >= 4 is 46.7 Å². The number of halogens is 3. The number of carbonyl (C=O) groups is 2. The summed E-state index contributed by atoms with van der Waals surface area (Å²) >= 11 is 18.4. The molecule has 0 aliphatic carbocycles. The smallest absolute Gasteiger partial charge is 0.325 e. The van der Waals surface area contributed by atoms with E-state index in [2.05, 4.69) is 5.32 Å². The highest BCUT2D eigenvalue weighted by Gasteiger charge is 2.49. The van der Waals surface area contributed by atoms with Gasteiger partial charge in [-0.3, -0.25) is 9.69 Å². The highest BCUT2D eigenvalue weighted by molar-refractivity contribution is 6.35. The maximum atomic E-state index is 13.1. The Hall–Kier alpha value is -2.15. The number of hydrogen-bond acceptors (Lipinski definition) is 4. The molecule has 2 aliphatic heterocycles. The van der Waals surface area contributed by atoms with Crippen molar-refractivity contribution in [3.63, 3.8) is 0 Å². The summed E-state index contributed by atoms with van der Waals surface area (Å²) in [4.78, 5) is 26.7. The molecule has 0 bridgehead atoms. The van der Waals surface area contributed by atoms with Gasteiger partial charge in [0.05, 0.1) is 11.6 Å². The lowest BCUT2D eigenvalue weighted by molar-refractivity contribution is -0.131. The van der Waals surface area contributed by atoms with E-state index < -0.39 is 17.5 Å². The number of fused-ring (bicyclic) bond motifs is 1. The van der Waals surface area contributed by atoms with Crippen LogP contribution in [-0.2, 0) is 16.9 Å². The average molecular weight is 428 g/mol. The van der Waals surface area contributed by atoms with E-state index in [0.29, 0.717) is 37.7 Å². The first-order valence-electron chi connectivity index (χ1n) is 7.97. The van der Waals surface area contributed by atoms with Crippen LogP contribution in [0.2, 0.25) is 15.1 Å². The van der Waals surface area contributed by atoms with E-state index in [-0.39, 0.29) is 13.3 Å². The Labute approximate surface area is 169 Å². The van der Waals surface area contributed by atoms with Crippen LogP contribution in [0.1, 0.15) is 18.1 Å². The van der Waals surface area contributed by atoms with Gasteiger partial charge in [-0.2, -0.15) is 0 Å². The van der Waals surface area contributed by atoms with Crippen molar-refractivity contribution < 1.29 is 19.1 Å². The van der Waals surface area contributed by atoms with Crippen LogP contribution in [0.15, 0.2) is 30.3 Å². The molecule has 2 aromatic carbocycles. The largest absolute Gasteiger partial charge is 0.454 e. The molecule has 9 heteroatoms. The maximum Gasteiger partial charge on any atom is 0.325 e. The molecule has 2 aliphatic rings. The summed E-state index contributed by atoms with van der Waals surface area (Å²) in [5.41, 5.74) is -0.184. The predicted octanol–water partition coefficient (Wildman–Crippen LogP) is 4.34. The monoisotopic (exact) mass is 426 g/mol. The zero-order valence-corrected chi connectivity index (χ0v) is 16.3. The van der Waals surface area contributed by atoms with Gasteiger partial charge in [0.15, 0.2) is 11.5 Å². The lowest BCUT2D eigenvalue weighted by Crippen LogP contribution is -2.41. The van der Waals surface area contributed by atoms with Gasteiger partial charge in [-0.25, -0.2) is 4.79 Å². The highest BCUT2D eigenvalue weighted by atomic mass is 35.5. The fourth-order valence-electron chi connectivity index (χ4n) is 3.21. The molecular weight excluding hydrogens is 415 g/mol. The molecule has 0 spiro atoms. The highest BCUT2D eigenvalue weighted by Crippen LogP contribution is 2.41. The van der Waals surface area contributed by atoms with E-state index in [9.17, 15) is 9.59 Å². The number of hydrogen-bond donors (Lipinski definition) is 1. The first-order valence-corrected chi connectivity index (χ1v) is 9.10. The van der Waals surface area contributed by atoms with Crippen LogP contribution in [0.3, 0.4) is 0 Å². The minimum Gasteiger partial charge on any atom is -0.454 e. The van der Waals surface area contributed by atoms with Crippen LogP contribution in [0.25, 0.3) is 0 Å². The Morgan fingerprint density at radius 1 is 1.11 bits per heavy atom. The lowest BCUT2D eigenvalue weighted by atomic mass is 9.92. The van der Waals surface area contributed by atoms with Crippen molar-refractivity contribution in [2.75, 3.05) is 6.79 Å². The van der Waals surface area contributed by atoms with Gasteiger partial charge >= 0.3 is 6.03 Å². The number of imide groups is 1. The van der Waals surface area contributed by atoms with E-state index in [1.54, 1.807) is 31.2 Å². The van der Waals surface area contributed by atoms with Gasteiger partial charge in [-0.05, 0) is 36.8 Å². The summed E-state index contributed by atoms with van der Waals surface area (Å²) in [6, 6.07) is 7.59. The molecule has 1 fully saturated rings. The molecule has 1 atom stereocenters. The quantitative estimate of drug-likeness (QED) is 0.740. The normalized spacial score (nSPS) is 21.0. The van der Waals surface area contributed by atoms with Crippen molar-refractivity contribution in [2.24, 2.45) is 0 Å². The van der Waals surface area contributed by atoms with Gasteiger partial charge in [-0.15, -0.1) is 0 Å². The third-order valence-corrected chi connectivity index (χ3v) is 5.40. The van der Waals surface area contributed by atoms with Crippen molar-refractivity contribution in [1.29, 1.82) is 0 Å². The van der Waals surface area contributed by atoms with Gasteiger partial charge in [0.25, 0.3) is 5.91 Å². The van der Waals surface area contributed by atoms with Crippen LogP contribution in [0, 0.1) is 0 Å². The summed E-state index contributed by atoms with van der Waals surface area (Å²) in [6.45, 7) is 1.71. The molecule has 0 aromatic heterocycles. The number of nitrogens with one attached hydrogen (secondary N) is 1. The van der Waals surface area contributed by atoms with Crippen molar-refractivity contribution in [3.05, 3.63) is 56.5 Å². The van der Waals surface area contributed by atoms with Crippen molar-refractivity contribution in [1.82, 2.24) is 10.2 Å². The number of ether oxygens (including phenoxy) is 2. The molecule has 3 amide bonds. The Balaban J connectivity index is 1.65. The third-order valence-electron chi connectivity index (χ3n) is 4.57. The number of amides is 3. The van der Waals surface area contributed by atoms with Crippen LogP contribution >= 0.6 is 34.8 Å². The Morgan fingerprint density at radius 2 is 1.89 bits per heavy atom. The molecule has 4 rings (SSSR count). The summed E-state index contributed by atoms with van der Waals surface area (Å²) in [7, 11) is 0. The van der Waals surface area contributed by atoms with Gasteiger partial charge in [0.2, 0.25) is 6.79 Å². The zero-order chi connectivity index (χ0) is 19.3. The molecule has 27 heavy (non-hydrogen) atoms. The zero-order valence-electron chi connectivity index (χ0n) is 14.0. The number of rotatable bonds is 3. The van der Waals surface area contributed by atoms with Gasteiger partial charge in [0.1, 0.15) is 5.54 Å². The van der Waals surface area contributed by atoms with Crippen molar-refractivity contribution in [2.45, 2.75) is 19.0 Å². The second-order valence-corrected chi connectivity index (χ2v) is 7.63. The molecule has 2 heterocycles. The lowest BCUT2D eigenvalue weighted by Gasteiger charge is -2.23. The standard InChI is InChI=1S/C18H13Cl3N2O4/c1-18(11-3-2-10(19)6-12(11)20)16(24)23(17(25)22-18)7-9-4-13(21)15-14(5-9)26-8-27-15/h2-6H,7-8H2,1H3,(H,22,25). The molecule has 1 N–H and O–H groups in total. The molecule has 2 aromatic rings. The fourth-order valence-corrected chi connectivity index (χ4v) is 4.10. The van der Waals surface area contributed by atoms with Gasteiger partial charge in [0, 0.05) is 15.6 Å². The minimum absolute atomic E-state index is 0.0296. The first-order chi connectivity index (χ1) is 12.8. The van der Waals surface area contributed by atoms with Crippen molar-refractivity contribution in [3.8, 4) is 11.5 Å². The predicted molar refractivity (Wildman–Crippen MR) is 100 cm³/mol. The number of carbonyl (C=O) groups excluding carboxylic acids is 2. The molecule has 1 unspecified atom stereocenters. The molecular formula is C18H13Cl3N2O4. The third kappa shape index (κ3) is 2.98. The van der Waals surface area contributed by atoms with Crippen LogP contribution in [-0.4, -0.2) is 23.6 Å². The number of nitrogens with zero attached hydrogens (tertiary/aromatic N) is 1. The van der Waals surface area contributed by atoms with E-state index in [1.807, 2.05) is 0 Å². The summed E-state index contributed by atoms with van der Waals surface area (Å²) in [6.07, 6.45) is 0. The Kier molecular flexibility index (Phi) is 4.37. The van der Waals surface area contributed by atoms with E-state index in [4.69, 9.17) is 44.3 Å². The van der Waals surface area contributed by atoms with Crippen LogP contribution in [0.4, 0.5) is 4.79 Å². The second kappa shape index (κ2) is 6.48. The topological polar surface area (TPSA) is 67.9 Å². The Morgan fingerprint density at radius 3 is 2.63 bits per heavy atom. The molecule has 6 nitrogen and oxygen atoms in total. The van der Waals surface area contributed by atoms with Gasteiger partial charge in [-0.1, -0.05) is 40.9 Å². The van der Waals surface area contributed by atoms with Crippen LogP contribution in [0.5, 0.6) is 11.5 Å². The fraction of sp³-hybridized carbons (Fsp3) is 0.222. The van der Waals surface area contributed by atoms with E-state index in [0.717, 1.165) is 4.90 Å². The van der Waals surface area contributed by atoms with E-state index in [1.165, 1.54) is 6.07 Å². The molecule has 0 radical (unpaired) electrons. The minimum atomic E-state index is -1.29. The molecule has 0 saturated carbocycles.